The number of hydrogen-bond donors (Lipinski definition) is 1. The topological polar surface area (TPSA) is 80.6 Å². The van der Waals surface area contributed by atoms with Crippen molar-refractivity contribution in [3.05, 3.63) is 58.0 Å². The van der Waals surface area contributed by atoms with Gasteiger partial charge in [0.25, 0.3) is 5.56 Å². The summed E-state index contributed by atoms with van der Waals surface area (Å²) in [6.45, 7) is 3.51. The number of methoxy groups -OCH3 is 1. The molecule has 2 aromatic rings. The van der Waals surface area contributed by atoms with E-state index in [0.717, 1.165) is 23.4 Å². The molecule has 0 radical (unpaired) electrons. The fourth-order valence-electron chi connectivity index (χ4n) is 4.42. The lowest BCUT2D eigenvalue weighted by Crippen LogP contribution is -2.48. The molecule has 2 aliphatic heterocycles. The molecule has 1 fully saturated rings. The lowest BCUT2D eigenvalue weighted by molar-refractivity contribution is -0.131. The van der Waals surface area contributed by atoms with E-state index in [1.165, 1.54) is 0 Å². The van der Waals surface area contributed by atoms with Crippen LogP contribution in [0.3, 0.4) is 0 Å². The second-order valence-electron chi connectivity index (χ2n) is 7.88. The number of benzene rings is 1. The van der Waals surface area contributed by atoms with Gasteiger partial charge in [0.2, 0.25) is 11.8 Å². The summed E-state index contributed by atoms with van der Waals surface area (Å²) in [4.78, 5) is 39.1. The Bertz CT molecular complexity index is 996. The van der Waals surface area contributed by atoms with Crippen molar-refractivity contribution in [3.8, 4) is 5.75 Å². The number of rotatable bonds is 4. The normalized spacial score (nSPS) is 20.0. The number of carbonyl (C=O) groups excluding carboxylic acids is 2. The third kappa shape index (κ3) is 3.90. The van der Waals surface area contributed by atoms with Gasteiger partial charge in [0.1, 0.15) is 11.4 Å². The number of piperidine rings is 1. The molecule has 1 aromatic carbocycles. The van der Waals surface area contributed by atoms with Gasteiger partial charge in [-0.05, 0) is 42.2 Å². The summed E-state index contributed by atoms with van der Waals surface area (Å²) < 4.78 is 6.90. The summed E-state index contributed by atoms with van der Waals surface area (Å²) in [5.41, 5.74) is 1.93. The third-order valence-corrected chi connectivity index (χ3v) is 5.85. The minimum atomic E-state index is -0.230. The van der Waals surface area contributed by atoms with Crippen LogP contribution in [-0.4, -0.2) is 41.5 Å². The highest BCUT2D eigenvalue weighted by atomic mass is 16.5. The van der Waals surface area contributed by atoms with Gasteiger partial charge in [-0.1, -0.05) is 12.1 Å². The Kier molecular flexibility index (Phi) is 5.13. The minimum Gasteiger partial charge on any atom is -0.497 e. The number of likely N-dealkylation sites (tertiary alicyclic amines) is 1. The smallest absolute Gasteiger partial charge is 0.274 e. The first kappa shape index (κ1) is 19.2. The van der Waals surface area contributed by atoms with Crippen LogP contribution in [0.4, 0.5) is 5.69 Å². The predicted molar refractivity (Wildman–Crippen MR) is 109 cm³/mol. The van der Waals surface area contributed by atoms with Gasteiger partial charge in [-0.25, -0.2) is 0 Å². The fraction of sp³-hybridized carbons (Fsp3) is 0.409. The Morgan fingerprint density at radius 3 is 2.55 bits per heavy atom. The minimum absolute atomic E-state index is 0.0814. The van der Waals surface area contributed by atoms with Gasteiger partial charge < -0.3 is 19.5 Å². The predicted octanol–water partition coefficient (Wildman–Crippen LogP) is 2.00. The van der Waals surface area contributed by atoms with E-state index in [2.05, 4.69) is 5.32 Å². The number of amides is 2. The monoisotopic (exact) mass is 395 g/mol. The second kappa shape index (κ2) is 7.73. The summed E-state index contributed by atoms with van der Waals surface area (Å²) >= 11 is 0. The second-order valence-corrected chi connectivity index (χ2v) is 7.88. The SMILES string of the molecule is COc1ccc(CC(=O)Nc2ccc3n(c2=O)C[C@@H]2C[C@@H]3CN(C(C)=O)C2)cc1. The molecule has 2 atom stereocenters. The Balaban J connectivity index is 1.50. The highest BCUT2D eigenvalue weighted by Crippen LogP contribution is 2.35. The van der Waals surface area contributed by atoms with Gasteiger partial charge in [-0.15, -0.1) is 0 Å². The Morgan fingerprint density at radius 2 is 1.86 bits per heavy atom. The average molecular weight is 395 g/mol. The highest BCUT2D eigenvalue weighted by molar-refractivity contribution is 5.92. The van der Waals surface area contributed by atoms with Crippen LogP contribution >= 0.6 is 0 Å². The van der Waals surface area contributed by atoms with Crippen LogP contribution < -0.4 is 15.6 Å². The summed E-state index contributed by atoms with van der Waals surface area (Å²) in [6, 6.07) is 10.9. The van der Waals surface area contributed by atoms with E-state index in [1.807, 2.05) is 23.1 Å². The zero-order chi connectivity index (χ0) is 20.5. The number of ether oxygens (including phenoxy) is 1. The number of nitrogens with zero attached hydrogens (tertiary/aromatic N) is 2. The number of pyridine rings is 1. The maximum atomic E-state index is 13.0. The van der Waals surface area contributed by atoms with Crippen LogP contribution in [0.1, 0.15) is 30.5 Å². The molecule has 2 aliphatic rings. The number of nitrogens with one attached hydrogen (secondary N) is 1. The van der Waals surface area contributed by atoms with Crippen LogP contribution in [0.5, 0.6) is 5.75 Å². The van der Waals surface area contributed by atoms with E-state index in [-0.39, 0.29) is 35.6 Å². The quantitative estimate of drug-likeness (QED) is 0.859. The van der Waals surface area contributed by atoms with E-state index >= 15 is 0 Å². The molecule has 1 saturated heterocycles. The third-order valence-electron chi connectivity index (χ3n) is 5.85. The van der Waals surface area contributed by atoms with Crippen LogP contribution in [0.2, 0.25) is 0 Å². The van der Waals surface area contributed by atoms with Crippen molar-refractivity contribution in [1.82, 2.24) is 9.47 Å². The van der Waals surface area contributed by atoms with E-state index in [0.29, 0.717) is 25.3 Å². The van der Waals surface area contributed by atoms with Crippen molar-refractivity contribution < 1.29 is 14.3 Å². The summed E-state index contributed by atoms with van der Waals surface area (Å²) in [7, 11) is 1.59. The largest absolute Gasteiger partial charge is 0.497 e. The summed E-state index contributed by atoms with van der Waals surface area (Å²) in [6.07, 6.45) is 1.18. The van der Waals surface area contributed by atoms with Crippen molar-refractivity contribution in [1.29, 1.82) is 0 Å². The van der Waals surface area contributed by atoms with Gasteiger partial charge in [0.05, 0.1) is 13.5 Å². The van der Waals surface area contributed by atoms with Crippen molar-refractivity contribution >= 4 is 17.5 Å². The molecule has 1 aromatic heterocycles. The van der Waals surface area contributed by atoms with Crippen LogP contribution in [0.25, 0.3) is 0 Å². The first-order valence-corrected chi connectivity index (χ1v) is 9.86. The van der Waals surface area contributed by atoms with Crippen molar-refractivity contribution in [3.63, 3.8) is 0 Å². The number of carbonyl (C=O) groups is 2. The highest BCUT2D eigenvalue weighted by Gasteiger charge is 2.35. The number of aromatic nitrogens is 1. The fourth-order valence-corrected chi connectivity index (χ4v) is 4.42. The molecule has 2 amide bonds. The standard InChI is InChI=1S/C22H25N3O4/c1-14(26)24-11-16-9-17(13-24)20-8-7-19(22(28)25(20)12-16)23-21(27)10-15-3-5-18(29-2)6-4-15/h3-8,16-17H,9-13H2,1-2H3,(H,23,27)/t16-,17-/m1/s1. The first-order valence-electron chi connectivity index (χ1n) is 9.86. The average Bonchev–Trinajstić information content (AvgIpc) is 2.71. The molecule has 3 heterocycles. The molecule has 0 saturated carbocycles. The van der Waals surface area contributed by atoms with Crippen molar-refractivity contribution in [2.45, 2.75) is 32.2 Å². The molecule has 7 nitrogen and oxygen atoms in total. The molecular formula is C22H25N3O4. The van der Waals surface area contributed by atoms with Crippen LogP contribution in [0.15, 0.2) is 41.2 Å². The molecule has 0 spiro atoms. The molecule has 4 rings (SSSR count). The van der Waals surface area contributed by atoms with Gasteiger partial charge in [-0.2, -0.15) is 0 Å². The zero-order valence-electron chi connectivity index (χ0n) is 16.7. The van der Waals surface area contributed by atoms with E-state index in [4.69, 9.17) is 4.74 Å². The molecule has 1 N–H and O–H groups in total. The maximum Gasteiger partial charge on any atom is 0.274 e. The number of hydrogen-bond acceptors (Lipinski definition) is 4. The first-order chi connectivity index (χ1) is 13.9. The molecule has 0 unspecified atom stereocenters. The molecular weight excluding hydrogens is 370 g/mol. The van der Waals surface area contributed by atoms with E-state index < -0.39 is 0 Å². The van der Waals surface area contributed by atoms with Gasteiger partial charge in [0.15, 0.2) is 0 Å². The molecule has 2 bridgehead atoms. The Hall–Kier alpha value is -3.09. The lowest BCUT2D eigenvalue weighted by Gasteiger charge is -2.42. The van der Waals surface area contributed by atoms with Crippen LogP contribution in [-0.2, 0) is 22.6 Å². The van der Waals surface area contributed by atoms with Gasteiger partial charge >= 0.3 is 0 Å². The summed E-state index contributed by atoms with van der Waals surface area (Å²) in [5, 5.41) is 2.76. The van der Waals surface area contributed by atoms with E-state index in [1.54, 1.807) is 36.8 Å². The number of fused-ring (bicyclic) bond motifs is 4. The van der Waals surface area contributed by atoms with Crippen molar-refractivity contribution in [2.24, 2.45) is 5.92 Å². The maximum absolute atomic E-state index is 13.0. The molecule has 7 heteroatoms. The Labute approximate surface area is 169 Å². The molecule has 152 valence electrons. The molecule has 0 aliphatic carbocycles. The number of anilines is 1. The summed E-state index contributed by atoms with van der Waals surface area (Å²) in [5.74, 6) is 1.02. The molecule has 29 heavy (non-hydrogen) atoms. The van der Waals surface area contributed by atoms with Gasteiger partial charge in [-0.3, -0.25) is 14.4 Å². The Morgan fingerprint density at radius 1 is 1.10 bits per heavy atom. The van der Waals surface area contributed by atoms with E-state index in [9.17, 15) is 14.4 Å². The van der Waals surface area contributed by atoms with Crippen molar-refractivity contribution in [2.75, 3.05) is 25.5 Å². The lowest BCUT2D eigenvalue weighted by atomic mass is 9.83. The zero-order valence-corrected chi connectivity index (χ0v) is 16.7. The van der Waals surface area contributed by atoms with Crippen LogP contribution in [0, 0.1) is 5.92 Å². The van der Waals surface area contributed by atoms with Gasteiger partial charge in [0, 0.05) is 38.2 Å².